The number of likely N-dealkylation sites (tertiary alicyclic amines) is 1. The number of thiazole rings is 1. The molecule has 1 fully saturated rings. The zero-order chi connectivity index (χ0) is 12.5. The van der Waals surface area contributed by atoms with Gasteiger partial charge in [0.05, 0.1) is 0 Å². The Morgan fingerprint density at radius 1 is 1.41 bits per heavy atom. The summed E-state index contributed by atoms with van der Waals surface area (Å²) in [6.45, 7) is 9.03. The van der Waals surface area contributed by atoms with Gasteiger partial charge in [-0.1, -0.05) is 11.3 Å². The third-order valence-corrected chi connectivity index (χ3v) is 4.55. The highest BCUT2D eigenvalue weighted by Crippen LogP contribution is 2.27. The third-order valence-electron chi connectivity index (χ3n) is 3.11. The molecule has 1 aliphatic heterocycles. The largest absolute Gasteiger partial charge is 0.467 e. The molecule has 0 atom stereocenters. The Bertz CT molecular complexity index is 367. The van der Waals surface area contributed by atoms with Gasteiger partial charge in [0.1, 0.15) is 10.7 Å². The van der Waals surface area contributed by atoms with Crippen LogP contribution >= 0.6 is 27.3 Å². The van der Waals surface area contributed by atoms with Gasteiger partial charge in [0.2, 0.25) is 0 Å². The lowest BCUT2D eigenvalue weighted by molar-refractivity contribution is 0.0490. The summed E-state index contributed by atoms with van der Waals surface area (Å²) < 4.78 is 6.75. The van der Waals surface area contributed by atoms with Gasteiger partial charge in [-0.05, 0) is 49.5 Å². The molecule has 0 spiro atoms. The first-order valence-electron chi connectivity index (χ1n) is 5.98. The lowest BCUT2D eigenvalue weighted by atomic mass is 9.99. The summed E-state index contributed by atoms with van der Waals surface area (Å²) in [5.41, 5.74) is 0.273. The van der Waals surface area contributed by atoms with Crippen molar-refractivity contribution in [2.75, 3.05) is 13.1 Å². The maximum absolute atomic E-state index is 5.89. The van der Waals surface area contributed by atoms with Gasteiger partial charge < -0.3 is 4.74 Å². The normalized spacial score (nSPS) is 19.5. The van der Waals surface area contributed by atoms with E-state index in [-0.39, 0.29) is 5.54 Å². The molecule has 1 aromatic heterocycles. The highest BCUT2D eigenvalue weighted by Gasteiger charge is 2.28. The highest BCUT2D eigenvalue weighted by atomic mass is 79.9. The van der Waals surface area contributed by atoms with E-state index in [9.17, 15) is 0 Å². The van der Waals surface area contributed by atoms with E-state index in [0.717, 1.165) is 35.7 Å². The van der Waals surface area contributed by atoms with Crippen molar-refractivity contribution in [3.8, 4) is 5.19 Å². The number of halogens is 1. The maximum atomic E-state index is 5.89. The Labute approximate surface area is 115 Å². The van der Waals surface area contributed by atoms with Crippen LogP contribution in [0.5, 0.6) is 5.19 Å². The number of rotatable bonds is 2. The molecular formula is C12H19BrN2OS. The fourth-order valence-electron chi connectivity index (χ4n) is 2.08. The van der Waals surface area contributed by atoms with E-state index < -0.39 is 0 Å². The topological polar surface area (TPSA) is 25.4 Å². The average molecular weight is 319 g/mol. The van der Waals surface area contributed by atoms with E-state index in [1.165, 1.54) is 0 Å². The van der Waals surface area contributed by atoms with Crippen molar-refractivity contribution >= 4 is 27.3 Å². The van der Waals surface area contributed by atoms with Crippen LogP contribution in [0, 0.1) is 0 Å². The Balaban J connectivity index is 1.83. The summed E-state index contributed by atoms with van der Waals surface area (Å²) in [6.07, 6.45) is 2.51. The molecule has 0 radical (unpaired) electrons. The number of nitrogens with zero attached hydrogens (tertiary/aromatic N) is 2. The molecule has 0 aromatic carbocycles. The number of hydrogen-bond donors (Lipinski definition) is 0. The smallest absolute Gasteiger partial charge is 0.274 e. The van der Waals surface area contributed by atoms with Gasteiger partial charge >= 0.3 is 0 Å². The number of piperidine rings is 1. The van der Waals surface area contributed by atoms with Crippen LogP contribution < -0.4 is 4.74 Å². The van der Waals surface area contributed by atoms with E-state index in [0.29, 0.717) is 6.10 Å². The molecule has 0 N–H and O–H groups in total. The number of ether oxygens (including phenoxy) is 1. The van der Waals surface area contributed by atoms with Crippen LogP contribution in [0.3, 0.4) is 0 Å². The van der Waals surface area contributed by atoms with Crippen LogP contribution in [0.15, 0.2) is 9.98 Å². The summed E-state index contributed by atoms with van der Waals surface area (Å²) in [4.78, 5) is 6.79. The predicted octanol–water partition coefficient (Wildman–Crippen LogP) is 3.55. The molecule has 0 aliphatic carbocycles. The van der Waals surface area contributed by atoms with E-state index >= 15 is 0 Å². The molecule has 2 heterocycles. The SMILES string of the molecule is CC(C)(C)N1CCC(Oc2nc(Br)cs2)CC1. The number of aromatic nitrogens is 1. The van der Waals surface area contributed by atoms with Gasteiger partial charge in [-0.2, -0.15) is 4.98 Å². The van der Waals surface area contributed by atoms with Gasteiger partial charge in [0.15, 0.2) is 0 Å². The Morgan fingerprint density at radius 3 is 2.53 bits per heavy atom. The summed E-state index contributed by atoms with van der Waals surface area (Å²) >= 11 is 4.90. The van der Waals surface area contributed by atoms with Crippen LogP contribution in [0.25, 0.3) is 0 Å². The monoisotopic (exact) mass is 318 g/mol. The van der Waals surface area contributed by atoms with Crippen molar-refractivity contribution in [3.63, 3.8) is 0 Å². The van der Waals surface area contributed by atoms with Crippen molar-refractivity contribution in [3.05, 3.63) is 9.98 Å². The van der Waals surface area contributed by atoms with Crippen LogP contribution in [-0.2, 0) is 0 Å². The van der Waals surface area contributed by atoms with Gasteiger partial charge in [-0.15, -0.1) is 0 Å². The summed E-state index contributed by atoms with van der Waals surface area (Å²) in [6, 6.07) is 0. The third kappa shape index (κ3) is 3.66. The highest BCUT2D eigenvalue weighted by molar-refractivity contribution is 9.10. The lowest BCUT2D eigenvalue weighted by Crippen LogP contribution is -2.48. The van der Waals surface area contributed by atoms with E-state index in [4.69, 9.17) is 4.74 Å². The molecule has 0 bridgehead atoms. The van der Waals surface area contributed by atoms with Gasteiger partial charge in [0, 0.05) is 24.0 Å². The second-order valence-corrected chi connectivity index (χ2v) is 7.04. The maximum Gasteiger partial charge on any atom is 0.274 e. The second kappa shape index (κ2) is 5.24. The van der Waals surface area contributed by atoms with Gasteiger partial charge in [-0.3, -0.25) is 4.90 Å². The first-order valence-corrected chi connectivity index (χ1v) is 7.65. The molecule has 1 aliphatic rings. The zero-order valence-electron chi connectivity index (χ0n) is 10.6. The van der Waals surface area contributed by atoms with Crippen LogP contribution in [-0.4, -0.2) is 34.6 Å². The molecule has 17 heavy (non-hydrogen) atoms. The summed E-state index contributed by atoms with van der Waals surface area (Å²) in [5.74, 6) is 0. The summed E-state index contributed by atoms with van der Waals surface area (Å²) in [7, 11) is 0. The van der Waals surface area contributed by atoms with E-state index in [2.05, 4.69) is 46.6 Å². The Hall–Kier alpha value is -0.130. The lowest BCUT2D eigenvalue weighted by Gasteiger charge is -2.40. The standard InChI is InChI=1S/C12H19BrN2OS/c1-12(2,3)15-6-4-9(5-7-15)16-11-14-10(13)8-17-11/h8-9H,4-7H2,1-3H3. The van der Waals surface area contributed by atoms with Gasteiger partial charge in [0.25, 0.3) is 5.19 Å². The molecule has 96 valence electrons. The van der Waals surface area contributed by atoms with Crippen LogP contribution in [0.4, 0.5) is 0 Å². The minimum atomic E-state index is 0.273. The fourth-order valence-corrected chi connectivity index (χ4v) is 3.23. The molecule has 0 amide bonds. The summed E-state index contributed by atoms with van der Waals surface area (Å²) in [5, 5.41) is 2.74. The van der Waals surface area contributed by atoms with Crippen molar-refractivity contribution < 1.29 is 4.74 Å². The van der Waals surface area contributed by atoms with Crippen LogP contribution in [0.2, 0.25) is 0 Å². The van der Waals surface area contributed by atoms with Crippen molar-refractivity contribution in [1.29, 1.82) is 0 Å². The molecule has 0 saturated carbocycles. The second-order valence-electron chi connectivity index (χ2n) is 5.41. The van der Waals surface area contributed by atoms with E-state index in [1.54, 1.807) is 11.3 Å². The van der Waals surface area contributed by atoms with E-state index in [1.807, 2.05) is 5.38 Å². The molecule has 2 rings (SSSR count). The van der Waals surface area contributed by atoms with Crippen molar-refractivity contribution in [2.45, 2.75) is 45.3 Å². The first kappa shape index (κ1) is 13.3. The van der Waals surface area contributed by atoms with Crippen molar-refractivity contribution in [2.24, 2.45) is 0 Å². The minimum Gasteiger partial charge on any atom is -0.467 e. The van der Waals surface area contributed by atoms with Crippen molar-refractivity contribution in [1.82, 2.24) is 9.88 Å². The molecular weight excluding hydrogens is 300 g/mol. The Kier molecular flexibility index (Phi) is 4.10. The number of hydrogen-bond acceptors (Lipinski definition) is 4. The average Bonchev–Trinajstić information content (AvgIpc) is 2.63. The molecule has 3 nitrogen and oxygen atoms in total. The fraction of sp³-hybridized carbons (Fsp3) is 0.750. The first-order chi connectivity index (χ1) is 7.95. The van der Waals surface area contributed by atoms with Crippen LogP contribution in [0.1, 0.15) is 33.6 Å². The Morgan fingerprint density at radius 2 is 2.06 bits per heavy atom. The molecule has 1 saturated heterocycles. The minimum absolute atomic E-state index is 0.273. The molecule has 1 aromatic rings. The quantitative estimate of drug-likeness (QED) is 0.833. The molecule has 5 heteroatoms. The molecule has 0 unspecified atom stereocenters. The zero-order valence-corrected chi connectivity index (χ0v) is 13.0. The predicted molar refractivity (Wildman–Crippen MR) is 74.8 cm³/mol. The van der Waals surface area contributed by atoms with Gasteiger partial charge in [-0.25, -0.2) is 0 Å².